The summed E-state index contributed by atoms with van der Waals surface area (Å²) in [5, 5.41) is 12.0. The molecule has 1 saturated heterocycles. The average molecular weight is 367 g/mol. The minimum absolute atomic E-state index is 0.503. The molecular weight excluding hydrogens is 340 g/mol. The first-order valence-electron chi connectivity index (χ1n) is 9.44. The van der Waals surface area contributed by atoms with Crippen LogP contribution < -0.4 is 5.32 Å². The molecule has 1 atom stereocenters. The number of thioether (sulfide) groups is 1. The van der Waals surface area contributed by atoms with Crippen LogP contribution in [0.4, 0.5) is 5.69 Å². The number of H-pyrrole nitrogens is 1. The Bertz CT molecular complexity index is 843. The second-order valence-corrected chi connectivity index (χ2v) is 8.31. The second kappa shape index (κ2) is 8.14. The molecule has 3 aromatic rings. The van der Waals surface area contributed by atoms with Crippen LogP contribution in [0, 0.1) is 0 Å². The van der Waals surface area contributed by atoms with E-state index in [1.807, 2.05) is 18.0 Å². The normalized spacial score (nSPS) is 18.3. The summed E-state index contributed by atoms with van der Waals surface area (Å²) < 4.78 is 0. The van der Waals surface area contributed by atoms with Gasteiger partial charge >= 0.3 is 0 Å². The van der Waals surface area contributed by atoms with Crippen LogP contribution >= 0.6 is 11.8 Å². The first-order valence-corrected chi connectivity index (χ1v) is 10.4. The molecule has 0 unspecified atom stereocenters. The van der Waals surface area contributed by atoms with Crippen LogP contribution in [0.15, 0.2) is 53.6 Å². The predicted octanol–water partition coefficient (Wildman–Crippen LogP) is 4.75. The van der Waals surface area contributed by atoms with Crippen molar-refractivity contribution in [1.82, 2.24) is 15.1 Å². The van der Waals surface area contributed by atoms with Crippen molar-refractivity contribution in [3.63, 3.8) is 0 Å². The van der Waals surface area contributed by atoms with E-state index in [4.69, 9.17) is 0 Å². The van der Waals surface area contributed by atoms with Gasteiger partial charge in [-0.1, -0.05) is 19.1 Å². The third kappa shape index (κ3) is 4.22. The van der Waals surface area contributed by atoms with Crippen LogP contribution in [0.3, 0.4) is 0 Å². The average Bonchev–Trinajstić information content (AvgIpc) is 3.12. The Labute approximate surface area is 159 Å². The minimum atomic E-state index is 0.503. The fourth-order valence-electron chi connectivity index (χ4n) is 3.70. The van der Waals surface area contributed by atoms with Gasteiger partial charge in [-0.05, 0) is 61.0 Å². The van der Waals surface area contributed by atoms with Gasteiger partial charge in [0.2, 0.25) is 0 Å². The number of aromatic nitrogens is 2. The van der Waals surface area contributed by atoms with Gasteiger partial charge in [0.25, 0.3) is 0 Å². The first kappa shape index (κ1) is 17.4. The lowest BCUT2D eigenvalue weighted by Crippen LogP contribution is -2.41. The van der Waals surface area contributed by atoms with Crippen molar-refractivity contribution in [3.05, 3.63) is 54.2 Å². The van der Waals surface area contributed by atoms with Crippen LogP contribution in [0.25, 0.3) is 10.9 Å². The number of anilines is 1. The molecule has 1 aliphatic rings. The molecular formula is C21H26N4S. The van der Waals surface area contributed by atoms with Crippen molar-refractivity contribution in [1.29, 1.82) is 0 Å². The van der Waals surface area contributed by atoms with Gasteiger partial charge in [0.05, 0.1) is 11.7 Å². The molecule has 4 rings (SSSR count). The molecule has 2 aromatic carbocycles. The summed E-state index contributed by atoms with van der Waals surface area (Å²) in [5.74, 6) is 1.13. The highest BCUT2D eigenvalue weighted by atomic mass is 32.2. The van der Waals surface area contributed by atoms with E-state index >= 15 is 0 Å². The van der Waals surface area contributed by atoms with Crippen molar-refractivity contribution in [3.8, 4) is 0 Å². The van der Waals surface area contributed by atoms with Gasteiger partial charge in [0.1, 0.15) is 0 Å². The Morgan fingerprint density at radius 2 is 2.12 bits per heavy atom. The minimum Gasteiger partial charge on any atom is -0.381 e. The van der Waals surface area contributed by atoms with Crippen molar-refractivity contribution >= 4 is 28.4 Å². The third-order valence-electron chi connectivity index (χ3n) is 4.96. The molecule has 136 valence electrons. The number of hydrogen-bond donors (Lipinski definition) is 2. The number of benzene rings is 2. The standard InChI is InChI=1S/C21H26N4S/c1-2-26-20-8-5-16(6-9-20)14-25-11-3-4-19(15-25)23-18-7-10-21-17(12-18)13-22-24-21/h5-10,12-13,19,23H,2-4,11,14-15H2,1H3,(H,22,24)/t19-/m1/s1. The fourth-order valence-corrected chi connectivity index (χ4v) is 4.36. The van der Waals surface area contributed by atoms with Crippen molar-refractivity contribution < 1.29 is 0 Å². The van der Waals surface area contributed by atoms with E-state index in [-0.39, 0.29) is 0 Å². The maximum absolute atomic E-state index is 4.10. The highest BCUT2D eigenvalue weighted by Gasteiger charge is 2.20. The number of rotatable bonds is 6. The van der Waals surface area contributed by atoms with Gasteiger partial charge in [-0.25, -0.2) is 0 Å². The first-order chi connectivity index (χ1) is 12.8. The molecule has 5 heteroatoms. The summed E-state index contributed by atoms with van der Waals surface area (Å²) in [5.41, 5.74) is 3.68. The fraction of sp³-hybridized carbons (Fsp3) is 0.381. The summed E-state index contributed by atoms with van der Waals surface area (Å²) >= 11 is 1.90. The summed E-state index contributed by atoms with van der Waals surface area (Å²) in [7, 11) is 0. The lowest BCUT2D eigenvalue weighted by atomic mass is 10.0. The van der Waals surface area contributed by atoms with Crippen LogP contribution in [0.5, 0.6) is 0 Å². The topological polar surface area (TPSA) is 44.0 Å². The highest BCUT2D eigenvalue weighted by Crippen LogP contribution is 2.22. The number of piperidine rings is 1. The Hall–Kier alpha value is -1.98. The summed E-state index contributed by atoms with van der Waals surface area (Å²) in [6.07, 6.45) is 4.36. The Balaban J connectivity index is 1.36. The maximum atomic E-state index is 4.10. The van der Waals surface area contributed by atoms with Crippen LogP contribution in [-0.4, -0.2) is 40.0 Å². The summed E-state index contributed by atoms with van der Waals surface area (Å²) in [6, 6.07) is 16.0. The summed E-state index contributed by atoms with van der Waals surface area (Å²) in [6.45, 7) is 5.51. The molecule has 0 radical (unpaired) electrons. The van der Waals surface area contributed by atoms with E-state index in [9.17, 15) is 0 Å². The number of hydrogen-bond acceptors (Lipinski definition) is 4. The second-order valence-electron chi connectivity index (χ2n) is 6.97. The molecule has 1 fully saturated rings. The smallest absolute Gasteiger partial charge is 0.0651 e. The molecule has 0 bridgehead atoms. The maximum Gasteiger partial charge on any atom is 0.0651 e. The van der Waals surface area contributed by atoms with E-state index in [1.165, 1.54) is 35.5 Å². The SMILES string of the molecule is CCSc1ccc(CN2CCC[C@@H](Nc3ccc4[nH]ncc4c3)C2)cc1. The predicted molar refractivity (Wildman–Crippen MR) is 111 cm³/mol. The molecule has 0 aliphatic carbocycles. The van der Waals surface area contributed by atoms with Crippen LogP contribution in [0.1, 0.15) is 25.3 Å². The summed E-state index contributed by atoms with van der Waals surface area (Å²) in [4.78, 5) is 3.93. The number of likely N-dealkylation sites (tertiary alicyclic amines) is 1. The molecule has 1 aromatic heterocycles. The monoisotopic (exact) mass is 366 g/mol. The Kier molecular flexibility index (Phi) is 5.46. The van der Waals surface area contributed by atoms with Crippen molar-refractivity contribution in [2.75, 3.05) is 24.2 Å². The van der Waals surface area contributed by atoms with E-state index in [2.05, 4.69) is 69.8 Å². The Morgan fingerprint density at radius 1 is 1.23 bits per heavy atom. The molecule has 0 saturated carbocycles. The quantitative estimate of drug-likeness (QED) is 0.618. The van der Waals surface area contributed by atoms with Gasteiger partial charge in [-0.2, -0.15) is 5.10 Å². The van der Waals surface area contributed by atoms with E-state index < -0.39 is 0 Å². The largest absolute Gasteiger partial charge is 0.381 e. The van der Waals surface area contributed by atoms with Gasteiger partial charge < -0.3 is 5.32 Å². The number of nitrogens with zero attached hydrogens (tertiary/aromatic N) is 2. The van der Waals surface area contributed by atoms with Gasteiger partial charge in [-0.15, -0.1) is 11.8 Å². The van der Waals surface area contributed by atoms with E-state index in [0.717, 1.165) is 29.7 Å². The lowest BCUT2D eigenvalue weighted by molar-refractivity contribution is 0.208. The van der Waals surface area contributed by atoms with Crippen molar-refractivity contribution in [2.24, 2.45) is 0 Å². The zero-order valence-electron chi connectivity index (χ0n) is 15.2. The van der Waals surface area contributed by atoms with Gasteiger partial charge in [0, 0.05) is 35.1 Å². The molecule has 4 nitrogen and oxygen atoms in total. The number of nitrogens with one attached hydrogen (secondary N) is 2. The molecule has 1 aliphatic heterocycles. The third-order valence-corrected chi connectivity index (χ3v) is 5.85. The lowest BCUT2D eigenvalue weighted by Gasteiger charge is -2.33. The molecule has 2 heterocycles. The Morgan fingerprint density at radius 3 is 2.96 bits per heavy atom. The highest BCUT2D eigenvalue weighted by molar-refractivity contribution is 7.99. The molecule has 0 spiro atoms. The molecule has 2 N–H and O–H groups in total. The number of fused-ring (bicyclic) bond motifs is 1. The van der Waals surface area contributed by atoms with E-state index in [1.54, 1.807) is 0 Å². The van der Waals surface area contributed by atoms with Gasteiger partial charge in [0.15, 0.2) is 0 Å². The van der Waals surface area contributed by atoms with Crippen molar-refractivity contribution in [2.45, 2.75) is 37.2 Å². The van der Waals surface area contributed by atoms with Crippen LogP contribution in [0.2, 0.25) is 0 Å². The number of aromatic amines is 1. The van der Waals surface area contributed by atoms with Gasteiger partial charge in [-0.3, -0.25) is 10.00 Å². The molecule has 26 heavy (non-hydrogen) atoms. The van der Waals surface area contributed by atoms with Crippen LogP contribution in [-0.2, 0) is 6.54 Å². The molecule has 0 amide bonds. The van der Waals surface area contributed by atoms with E-state index in [0.29, 0.717) is 6.04 Å². The zero-order chi connectivity index (χ0) is 17.8. The zero-order valence-corrected chi connectivity index (χ0v) is 16.1.